The van der Waals surface area contributed by atoms with Gasteiger partial charge in [-0.05, 0) is 49.2 Å². The third-order valence-electron chi connectivity index (χ3n) is 4.76. The summed E-state index contributed by atoms with van der Waals surface area (Å²) in [4.78, 5) is 14.0. The number of nitrogens with zero attached hydrogens (tertiary/aromatic N) is 1. The van der Waals surface area contributed by atoms with Crippen LogP contribution in [0.2, 0.25) is 0 Å². The van der Waals surface area contributed by atoms with Crippen LogP contribution in [0.3, 0.4) is 0 Å². The zero-order valence-corrected chi connectivity index (χ0v) is 15.3. The van der Waals surface area contributed by atoms with Gasteiger partial charge >= 0.3 is 5.97 Å². The molecular formula is C21H27NO4. The average Bonchev–Trinajstić information content (AvgIpc) is 2.66. The first-order valence-corrected chi connectivity index (χ1v) is 9.34. The Kier molecular flexibility index (Phi) is 6.47. The highest BCUT2D eigenvalue weighted by Crippen LogP contribution is 2.21. The van der Waals surface area contributed by atoms with Crippen LogP contribution in [-0.4, -0.2) is 54.9 Å². The smallest absolute Gasteiger partial charge is 0.310 e. The van der Waals surface area contributed by atoms with Crippen LogP contribution in [0.1, 0.15) is 19.8 Å². The maximum absolute atomic E-state index is 11.9. The fraction of sp³-hybridized carbons (Fsp3) is 0.476. The second-order valence-corrected chi connectivity index (χ2v) is 6.82. The number of rotatable bonds is 7. The number of piperidine rings is 1. The Morgan fingerprint density at radius 2 is 2.08 bits per heavy atom. The molecule has 0 aromatic heterocycles. The van der Waals surface area contributed by atoms with Crippen molar-refractivity contribution in [2.75, 3.05) is 32.8 Å². The number of β-amino-alcohol motifs (C(OH)–C–C–N with tert-alkyl or cyclic N) is 1. The SMILES string of the molecule is CCOC(=O)[C@H]1CCCN(C[C@@H](O)COc2ccc3ccccc3c2)C1. The maximum Gasteiger partial charge on any atom is 0.310 e. The van der Waals surface area contributed by atoms with Crippen LogP contribution in [0.15, 0.2) is 42.5 Å². The topological polar surface area (TPSA) is 59.0 Å². The van der Waals surface area contributed by atoms with Gasteiger partial charge in [0.05, 0.1) is 12.5 Å². The molecule has 26 heavy (non-hydrogen) atoms. The van der Waals surface area contributed by atoms with Crippen LogP contribution in [0.4, 0.5) is 0 Å². The van der Waals surface area contributed by atoms with Crippen molar-refractivity contribution in [3.8, 4) is 5.75 Å². The van der Waals surface area contributed by atoms with Crippen LogP contribution >= 0.6 is 0 Å². The van der Waals surface area contributed by atoms with Gasteiger partial charge in [-0.3, -0.25) is 9.69 Å². The van der Waals surface area contributed by atoms with E-state index < -0.39 is 6.10 Å². The number of likely N-dealkylation sites (tertiary alicyclic amines) is 1. The van der Waals surface area contributed by atoms with E-state index >= 15 is 0 Å². The van der Waals surface area contributed by atoms with Gasteiger partial charge in [-0.2, -0.15) is 0 Å². The number of carbonyl (C=O) groups is 1. The largest absolute Gasteiger partial charge is 0.491 e. The van der Waals surface area contributed by atoms with E-state index in [1.807, 2.05) is 43.3 Å². The highest BCUT2D eigenvalue weighted by molar-refractivity contribution is 5.83. The lowest BCUT2D eigenvalue weighted by atomic mass is 9.98. The first kappa shape index (κ1) is 18.7. The summed E-state index contributed by atoms with van der Waals surface area (Å²) < 4.78 is 10.9. The van der Waals surface area contributed by atoms with E-state index in [1.54, 1.807) is 0 Å². The Balaban J connectivity index is 1.48. The molecule has 0 saturated carbocycles. The monoisotopic (exact) mass is 357 g/mol. The molecular weight excluding hydrogens is 330 g/mol. The first-order valence-electron chi connectivity index (χ1n) is 9.34. The number of aliphatic hydroxyl groups is 1. The van der Waals surface area contributed by atoms with Crippen LogP contribution in [0.5, 0.6) is 5.75 Å². The number of hydrogen-bond acceptors (Lipinski definition) is 5. The van der Waals surface area contributed by atoms with Gasteiger partial charge in [0.15, 0.2) is 0 Å². The molecule has 3 rings (SSSR count). The third-order valence-corrected chi connectivity index (χ3v) is 4.76. The minimum atomic E-state index is -0.595. The maximum atomic E-state index is 11.9. The van der Waals surface area contributed by atoms with Gasteiger partial charge < -0.3 is 14.6 Å². The van der Waals surface area contributed by atoms with Crippen molar-refractivity contribution >= 4 is 16.7 Å². The van der Waals surface area contributed by atoms with Crippen molar-refractivity contribution in [1.82, 2.24) is 4.90 Å². The Bertz CT molecular complexity index is 733. The molecule has 0 spiro atoms. The minimum absolute atomic E-state index is 0.0858. The molecule has 1 aliphatic rings. The van der Waals surface area contributed by atoms with E-state index in [-0.39, 0.29) is 18.5 Å². The predicted molar refractivity (Wildman–Crippen MR) is 101 cm³/mol. The van der Waals surface area contributed by atoms with Crippen molar-refractivity contribution in [1.29, 1.82) is 0 Å². The quantitative estimate of drug-likeness (QED) is 0.772. The van der Waals surface area contributed by atoms with E-state index in [0.29, 0.717) is 19.7 Å². The average molecular weight is 357 g/mol. The van der Waals surface area contributed by atoms with Gasteiger partial charge in [-0.25, -0.2) is 0 Å². The Morgan fingerprint density at radius 1 is 1.27 bits per heavy atom. The molecule has 0 amide bonds. The Labute approximate surface area is 154 Å². The predicted octanol–water partition coefficient (Wildman–Crippen LogP) is 2.85. The summed E-state index contributed by atoms with van der Waals surface area (Å²) in [5, 5.41) is 12.6. The molecule has 1 fully saturated rings. The van der Waals surface area contributed by atoms with E-state index in [2.05, 4.69) is 11.0 Å². The van der Waals surface area contributed by atoms with Gasteiger partial charge in [0.1, 0.15) is 18.5 Å². The molecule has 1 heterocycles. The van der Waals surface area contributed by atoms with Crippen molar-refractivity contribution in [3.05, 3.63) is 42.5 Å². The van der Waals surface area contributed by atoms with E-state index in [4.69, 9.17) is 9.47 Å². The van der Waals surface area contributed by atoms with Crippen molar-refractivity contribution in [2.24, 2.45) is 5.92 Å². The first-order chi connectivity index (χ1) is 12.7. The number of fused-ring (bicyclic) bond motifs is 1. The van der Waals surface area contributed by atoms with Crippen LogP contribution in [0.25, 0.3) is 10.8 Å². The summed E-state index contributed by atoms with van der Waals surface area (Å²) in [6, 6.07) is 14.0. The third kappa shape index (κ3) is 4.96. The van der Waals surface area contributed by atoms with Gasteiger partial charge in [0.25, 0.3) is 0 Å². The summed E-state index contributed by atoms with van der Waals surface area (Å²) in [5.41, 5.74) is 0. The normalized spacial score (nSPS) is 19.2. The fourth-order valence-corrected chi connectivity index (χ4v) is 3.47. The van der Waals surface area contributed by atoms with Gasteiger partial charge in [-0.15, -0.1) is 0 Å². The Hall–Kier alpha value is -2.11. The molecule has 2 aromatic carbocycles. The molecule has 1 aliphatic heterocycles. The minimum Gasteiger partial charge on any atom is -0.491 e. The Morgan fingerprint density at radius 3 is 2.88 bits per heavy atom. The zero-order chi connectivity index (χ0) is 18.4. The number of benzene rings is 2. The van der Waals surface area contributed by atoms with Gasteiger partial charge in [0.2, 0.25) is 0 Å². The summed E-state index contributed by atoms with van der Waals surface area (Å²) in [5.74, 6) is 0.544. The molecule has 2 atom stereocenters. The van der Waals surface area contributed by atoms with Gasteiger partial charge in [-0.1, -0.05) is 30.3 Å². The van der Waals surface area contributed by atoms with Gasteiger partial charge in [0, 0.05) is 13.1 Å². The summed E-state index contributed by atoms with van der Waals surface area (Å²) in [7, 11) is 0. The van der Waals surface area contributed by atoms with Crippen molar-refractivity contribution < 1.29 is 19.4 Å². The number of carbonyl (C=O) groups excluding carboxylic acids is 1. The summed E-state index contributed by atoms with van der Waals surface area (Å²) in [6.45, 7) is 4.52. The number of aliphatic hydroxyl groups excluding tert-OH is 1. The lowest BCUT2D eigenvalue weighted by molar-refractivity contribution is -0.150. The zero-order valence-electron chi connectivity index (χ0n) is 15.3. The highest BCUT2D eigenvalue weighted by Gasteiger charge is 2.27. The highest BCUT2D eigenvalue weighted by atomic mass is 16.5. The number of ether oxygens (including phenoxy) is 2. The lowest BCUT2D eigenvalue weighted by Gasteiger charge is -2.32. The van der Waals surface area contributed by atoms with E-state index in [0.717, 1.165) is 30.5 Å². The molecule has 5 nitrogen and oxygen atoms in total. The number of hydrogen-bond donors (Lipinski definition) is 1. The van der Waals surface area contributed by atoms with E-state index in [9.17, 15) is 9.90 Å². The van der Waals surface area contributed by atoms with Crippen LogP contribution in [0, 0.1) is 5.92 Å². The molecule has 140 valence electrons. The summed E-state index contributed by atoms with van der Waals surface area (Å²) >= 11 is 0. The fourth-order valence-electron chi connectivity index (χ4n) is 3.47. The second-order valence-electron chi connectivity index (χ2n) is 6.82. The molecule has 2 aromatic rings. The standard InChI is InChI=1S/C21H27NO4/c1-2-25-21(24)18-8-5-11-22(13-18)14-19(23)15-26-20-10-9-16-6-3-4-7-17(16)12-20/h3-4,6-7,9-10,12,18-19,23H,2,5,8,11,13-15H2,1H3/t18-,19+/m0/s1. The molecule has 1 N–H and O–H groups in total. The van der Waals surface area contributed by atoms with E-state index in [1.165, 1.54) is 5.39 Å². The van der Waals surface area contributed by atoms with Crippen LogP contribution in [-0.2, 0) is 9.53 Å². The summed E-state index contributed by atoms with van der Waals surface area (Å²) in [6.07, 6.45) is 1.21. The number of esters is 1. The second kappa shape index (κ2) is 9.01. The molecule has 5 heteroatoms. The molecule has 0 radical (unpaired) electrons. The molecule has 0 aliphatic carbocycles. The van der Waals surface area contributed by atoms with Crippen LogP contribution < -0.4 is 4.74 Å². The van der Waals surface area contributed by atoms with Crippen molar-refractivity contribution in [2.45, 2.75) is 25.9 Å². The molecule has 0 unspecified atom stereocenters. The lowest BCUT2D eigenvalue weighted by Crippen LogP contribution is -2.44. The van der Waals surface area contributed by atoms with Crippen molar-refractivity contribution in [3.63, 3.8) is 0 Å². The molecule has 0 bridgehead atoms. The molecule has 1 saturated heterocycles.